The normalized spacial score (nSPS) is 9.90. The van der Waals surface area contributed by atoms with E-state index < -0.39 is 29.3 Å². The Morgan fingerprint density at radius 3 is 1.77 bits per heavy atom. The number of benzene rings is 2. The van der Waals surface area contributed by atoms with Crippen LogP contribution in [0.4, 0.5) is 5.69 Å². The van der Waals surface area contributed by atoms with Crippen molar-refractivity contribution in [1.82, 2.24) is 10.9 Å². The molecule has 2 aromatic rings. The Hall–Kier alpha value is -4.15. The van der Waals surface area contributed by atoms with Crippen LogP contribution in [-0.2, 0) is 14.3 Å². The number of rotatable bonds is 9. The molecular formula is C19H19N3O8. The topological polar surface area (TPSA) is 146 Å². The summed E-state index contributed by atoms with van der Waals surface area (Å²) in [6.45, 7) is 1.19. The van der Waals surface area contributed by atoms with E-state index >= 15 is 0 Å². The highest BCUT2D eigenvalue weighted by Gasteiger charge is 2.09. The number of carbonyl (C=O) groups is 3. The monoisotopic (exact) mass is 417 g/mol. The summed E-state index contributed by atoms with van der Waals surface area (Å²) in [5.74, 6) is -1.10. The van der Waals surface area contributed by atoms with Crippen molar-refractivity contribution in [3.63, 3.8) is 0 Å². The molecule has 0 heterocycles. The molecule has 11 heteroatoms. The quantitative estimate of drug-likeness (QED) is 0.353. The maximum Gasteiger partial charge on any atom is 0.338 e. The van der Waals surface area contributed by atoms with Crippen LogP contribution in [0.1, 0.15) is 17.3 Å². The van der Waals surface area contributed by atoms with Crippen molar-refractivity contribution in [2.24, 2.45) is 0 Å². The Morgan fingerprint density at radius 1 is 0.867 bits per heavy atom. The Bertz CT molecular complexity index is 897. The van der Waals surface area contributed by atoms with Crippen LogP contribution < -0.4 is 20.3 Å². The van der Waals surface area contributed by atoms with Gasteiger partial charge in [-0.1, -0.05) is 0 Å². The van der Waals surface area contributed by atoms with E-state index in [2.05, 4.69) is 10.9 Å². The molecule has 11 nitrogen and oxygen atoms in total. The van der Waals surface area contributed by atoms with Gasteiger partial charge in [0.05, 0.1) is 17.1 Å². The Kier molecular flexibility index (Phi) is 8.12. The second kappa shape index (κ2) is 11.0. The van der Waals surface area contributed by atoms with E-state index in [0.29, 0.717) is 11.3 Å². The smallest absolute Gasteiger partial charge is 0.338 e. The minimum absolute atomic E-state index is 0.102. The standard InChI is InChI=1S/C19H19N3O8/c1-2-28-19(25)13-3-7-15(8-4-13)29-11-17(23)20-21-18(24)12-30-16-9-5-14(6-10-16)22(26)27/h3-10H,2,11-12H2,1H3,(H,20,23)(H,21,24). The molecular weight excluding hydrogens is 398 g/mol. The zero-order valence-electron chi connectivity index (χ0n) is 16.0. The first-order chi connectivity index (χ1) is 14.4. The first-order valence-electron chi connectivity index (χ1n) is 8.74. The molecule has 0 aromatic heterocycles. The Morgan fingerprint density at radius 2 is 1.33 bits per heavy atom. The molecule has 0 saturated heterocycles. The van der Waals surface area contributed by atoms with Crippen LogP contribution in [0.3, 0.4) is 0 Å². The third kappa shape index (κ3) is 7.11. The molecule has 0 radical (unpaired) electrons. The van der Waals surface area contributed by atoms with Gasteiger partial charge in [0.1, 0.15) is 11.5 Å². The number of esters is 1. The largest absolute Gasteiger partial charge is 0.484 e. The first kappa shape index (κ1) is 22.1. The zero-order valence-corrected chi connectivity index (χ0v) is 16.0. The van der Waals surface area contributed by atoms with Gasteiger partial charge in [-0.15, -0.1) is 0 Å². The zero-order chi connectivity index (χ0) is 21.9. The van der Waals surface area contributed by atoms with Crippen LogP contribution in [0.2, 0.25) is 0 Å². The number of non-ortho nitro benzene ring substituents is 1. The second-order valence-corrected chi connectivity index (χ2v) is 5.67. The Balaban J connectivity index is 1.68. The van der Waals surface area contributed by atoms with E-state index in [4.69, 9.17) is 14.2 Å². The van der Waals surface area contributed by atoms with Crippen molar-refractivity contribution in [2.45, 2.75) is 6.92 Å². The summed E-state index contributed by atoms with van der Waals surface area (Å²) in [5, 5.41) is 10.6. The summed E-state index contributed by atoms with van der Waals surface area (Å²) >= 11 is 0. The van der Waals surface area contributed by atoms with E-state index in [1.165, 1.54) is 48.5 Å². The number of amides is 2. The van der Waals surface area contributed by atoms with Gasteiger partial charge in [0.25, 0.3) is 17.5 Å². The lowest BCUT2D eigenvalue weighted by Gasteiger charge is -2.10. The summed E-state index contributed by atoms with van der Waals surface area (Å²) in [7, 11) is 0. The van der Waals surface area contributed by atoms with Crippen molar-refractivity contribution in [1.29, 1.82) is 0 Å². The second-order valence-electron chi connectivity index (χ2n) is 5.67. The van der Waals surface area contributed by atoms with E-state index in [1.54, 1.807) is 6.92 Å². The number of ether oxygens (including phenoxy) is 3. The van der Waals surface area contributed by atoms with Crippen molar-refractivity contribution in [3.8, 4) is 11.5 Å². The van der Waals surface area contributed by atoms with Crippen molar-refractivity contribution < 1.29 is 33.5 Å². The summed E-state index contributed by atoms with van der Waals surface area (Å²) in [6, 6.07) is 11.2. The van der Waals surface area contributed by atoms with Crippen LogP contribution in [0.25, 0.3) is 0 Å². The maximum absolute atomic E-state index is 11.7. The molecule has 0 aliphatic carbocycles. The lowest BCUT2D eigenvalue weighted by molar-refractivity contribution is -0.384. The number of hydrogen-bond donors (Lipinski definition) is 2. The molecule has 0 spiro atoms. The highest BCUT2D eigenvalue weighted by molar-refractivity contribution is 5.89. The van der Waals surface area contributed by atoms with Gasteiger partial charge in [0.2, 0.25) is 0 Å². The highest BCUT2D eigenvalue weighted by atomic mass is 16.6. The van der Waals surface area contributed by atoms with E-state index in [0.717, 1.165) is 0 Å². The third-order valence-corrected chi connectivity index (χ3v) is 3.49. The SMILES string of the molecule is CCOC(=O)c1ccc(OCC(=O)NNC(=O)COc2ccc([N+](=O)[O-])cc2)cc1. The van der Waals surface area contributed by atoms with Gasteiger partial charge >= 0.3 is 5.97 Å². The van der Waals surface area contributed by atoms with E-state index in [9.17, 15) is 24.5 Å². The predicted molar refractivity (Wildman–Crippen MR) is 103 cm³/mol. The maximum atomic E-state index is 11.7. The summed E-state index contributed by atoms with van der Waals surface area (Å²) in [6.07, 6.45) is 0. The fourth-order valence-electron chi connectivity index (χ4n) is 2.08. The van der Waals surface area contributed by atoms with E-state index in [-0.39, 0.29) is 24.7 Å². The molecule has 0 atom stereocenters. The van der Waals surface area contributed by atoms with Gasteiger partial charge in [0.15, 0.2) is 13.2 Å². The van der Waals surface area contributed by atoms with Crippen LogP contribution >= 0.6 is 0 Å². The van der Waals surface area contributed by atoms with Crippen molar-refractivity contribution >= 4 is 23.5 Å². The number of hydrogen-bond acceptors (Lipinski definition) is 8. The Labute approximate surface area is 171 Å². The fraction of sp³-hybridized carbons (Fsp3) is 0.211. The lowest BCUT2D eigenvalue weighted by atomic mass is 10.2. The first-order valence-corrected chi connectivity index (χ1v) is 8.74. The third-order valence-electron chi connectivity index (χ3n) is 3.49. The molecule has 2 aromatic carbocycles. The number of carbonyl (C=O) groups excluding carboxylic acids is 3. The molecule has 158 valence electrons. The molecule has 0 aliphatic rings. The van der Waals surface area contributed by atoms with E-state index in [1.807, 2.05) is 0 Å². The van der Waals surface area contributed by atoms with Crippen molar-refractivity contribution in [3.05, 3.63) is 64.2 Å². The molecule has 2 N–H and O–H groups in total. The average Bonchev–Trinajstić information content (AvgIpc) is 2.75. The number of nitro benzene ring substituents is 1. The predicted octanol–water partition coefficient (Wildman–Crippen LogP) is 1.38. The average molecular weight is 417 g/mol. The molecule has 0 saturated carbocycles. The molecule has 30 heavy (non-hydrogen) atoms. The van der Waals surface area contributed by atoms with Gasteiger partial charge in [0, 0.05) is 12.1 Å². The minimum Gasteiger partial charge on any atom is -0.484 e. The van der Waals surface area contributed by atoms with Gasteiger partial charge in [-0.2, -0.15) is 0 Å². The van der Waals surface area contributed by atoms with Gasteiger partial charge in [-0.05, 0) is 43.3 Å². The van der Waals surface area contributed by atoms with Crippen molar-refractivity contribution in [2.75, 3.05) is 19.8 Å². The molecule has 0 unspecified atom stereocenters. The van der Waals surface area contributed by atoms with Gasteiger partial charge in [-0.3, -0.25) is 30.6 Å². The van der Waals surface area contributed by atoms with Crippen LogP contribution in [0, 0.1) is 10.1 Å². The van der Waals surface area contributed by atoms with Crippen LogP contribution in [0.15, 0.2) is 48.5 Å². The molecule has 2 rings (SSSR count). The number of nitro groups is 1. The lowest BCUT2D eigenvalue weighted by Crippen LogP contribution is -2.45. The fourth-order valence-corrected chi connectivity index (χ4v) is 2.08. The number of hydrazine groups is 1. The minimum atomic E-state index is -0.638. The van der Waals surface area contributed by atoms with Crippen LogP contribution in [-0.4, -0.2) is 42.5 Å². The molecule has 2 amide bonds. The van der Waals surface area contributed by atoms with Gasteiger partial charge in [-0.25, -0.2) is 4.79 Å². The summed E-state index contributed by atoms with van der Waals surface area (Å²) in [5.41, 5.74) is 4.55. The number of nitrogens with one attached hydrogen (secondary N) is 2. The van der Waals surface area contributed by atoms with Crippen LogP contribution in [0.5, 0.6) is 11.5 Å². The summed E-state index contributed by atoms with van der Waals surface area (Å²) < 4.78 is 15.3. The number of nitrogens with zero attached hydrogens (tertiary/aromatic N) is 1. The molecule has 0 aliphatic heterocycles. The highest BCUT2D eigenvalue weighted by Crippen LogP contribution is 2.17. The molecule has 0 bridgehead atoms. The molecule has 0 fully saturated rings. The summed E-state index contributed by atoms with van der Waals surface area (Å²) in [4.78, 5) is 45.0. The van der Waals surface area contributed by atoms with Gasteiger partial charge < -0.3 is 14.2 Å².